The molecule has 0 saturated heterocycles. The highest BCUT2D eigenvalue weighted by molar-refractivity contribution is 7.15. The zero-order valence-corrected chi connectivity index (χ0v) is 19.6. The molecular formula is C24H24ClNO5S. The Bertz CT molecular complexity index is 1090. The van der Waals surface area contributed by atoms with Crippen molar-refractivity contribution in [3.05, 3.63) is 64.0 Å². The van der Waals surface area contributed by atoms with Crippen LogP contribution in [0.1, 0.15) is 29.3 Å². The van der Waals surface area contributed by atoms with Gasteiger partial charge in [0.2, 0.25) is 5.91 Å². The number of hydrogen-bond donors (Lipinski definition) is 1. The van der Waals surface area contributed by atoms with Crippen molar-refractivity contribution in [1.82, 2.24) is 0 Å². The van der Waals surface area contributed by atoms with Gasteiger partial charge in [0.05, 0.1) is 20.8 Å². The average Bonchev–Trinajstić information content (AvgIpc) is 3.21. The Morgan fingerprint density at radius 2 is 1.75 bits per heavy atom. The van der Waals surface area contributed by atoms with Gasteiger partial charge in [0.1, 0.15) is 10.6 Å². The first-order chi connectivity index (χ1) is 15.5. The van der Waals surface area contributed by atoms with Crippen molar-refractivity contribution in [1.29, 1.82) is 0 Å². The number of halogens is 1. The number of methoxy groups -OCH3 is 2. The molecule has 1 heterocycles. The lowest BCUT2D eigenvalue weighted by atomic mass is 10.0. The van der Waals surface area contributed by atoms with Gasteiger partial charge in [-0.3, -0.25) is 4.79 Å². The van der Waals surface area contributed by atoms with Crippen LogP contribution in [0, 0.1) is 0 Å². The van der Waals surface area contributed by atoms with Gasteiger partial charge in [-0.1, -0.05) is 29.8 Å². The predicted molar refractivity (Wildman–Crippen MR) is 127 cm³/mol. The number of carbonyl (C=O) groups excluding carboxylic acids is 2. The maximum absolute atomic E-state index is 12.8. The molecule has 0 aliphatic carbocycles. The van der Waals surface area contributed by atoms with Crippen molar-refractivity contribution in [3.8, 4) is 22.6 Å². The molecule has 0 aliphatic heterocycles. The summed E-state index contributed by atoms with van der Waals surface area (Å²) in [7, 11) is 3.11. The van der Waals surface area contributed by atoms with E-state index in [-0.39, 0.29) is 18.9 Å². The van der Waals surface area contributed by atoms with E-state index in [1.807, 2.05) is 23.6 Å². The third-order valence-corrected chi connectivity index (χ3v) is 5.92. The van der Waals surface area contributed by atoms with E-state index in [2.05, 4.69) is 5.32 Å². The lowest BCUT2D eigenvalue weighted by Gasteiger charge is -2.11. The van der Waals surface area contributed by atoms with Crippen LogP contribution >= 0.6 is 22.9 Å². The highest BCUT2D eigenvalue weighted by Gasteiger charge is 2.23. The Balaban J connectivity index is 1.85. The third kappa shape index (κ3) is 5.60. The zero-order chi connectivity index (χ0) is 23.1. The Morgan fingerprint density at radius 1 is 1.03 bits per heavy atom. The van der Waals surface area contributed by atoms with Crippen molar-refractivity contribution >= 4 is 39.8 Å². The molecule has 0 unspecified atom stereocenters. The fourth-order valence-corrected chi connectivity index (χ4v) is 4.27. The standard InChI is InChI=1S/C24H24ClNO5S/c1-4-31-24(28)22-18(16-8-11-19(29-2)20(13-16)30-3)14-32-23(22)26-21(27)12-7-15-5-9-17(25)10-6-15/h5-6,8-11,13-14H,4,7,12H2,1-3H3,(H,26,27). The maximum atomic E-state index is 12.8. The summed E-state index contributed by atoms with van der Waals surface area (Å²) < 4.78 is 15.9. The number of anilines is 1. The van der Waals surface area contributed by atoms with E-state index in [4.69, 9.17) is 25.8 Å². The smallest absolute Gasteiger partial charge is 0.341 e. The summed E-state index contributed by atoms with van der Waals surface area (Å²) in [4.78, 5) is 25.4. The molecule has 0 aliphatic rings. The van der Waals surface area contributed by atoms with Crippen molar-refractivity contribution in [2.45, 2.75) is 19.8 Å². The molecular weight excluding hydrogens is 450 g/mol. The first kappa shape index (κ1) is 23.6. The minimum absolute atomic E-state index is 0.189. The first-order valence-corrected chi connectivity index (χ1v) is 11.3. The van der Waals surface area contributed by atoms with Crippen LogP contribution in [-0.4, -0.2) is 32.7 Å². The van der Waals surface area contributed by atoms with Crippen molar-refractivity contribution in [2.75, 3.05) is 26.1 Å². The molecule has 0 radical (unpaired) electrons. The number of carbonyl (C=O) groups is 2. The quantitative estimate of drug-likeness (QED) is 0.395. The Hall–Kier alpha value is -3.03. The molecule has 3 rings (SSSR count). The van der Waals surface area contributed by atoms with Gasteiger partial charge in [0.25, 0.3) is 0 Å². The van der Waals surface area contributed by atoms with E-state index in [0.717, 1.165) is 11.1 Å². The molecule has 2 aromatic carbocycles. The van der Waals surface area contributed by atoms with Gasteiger partial charge in [0, 0.05) is 22.4 Å². The number of nitrogens with one attached hydrogen (secondary N) is 1. The van der Waals surface area contributed by atoms with Crippen LogP contribution in [0.3, 0.4) is 0 Å². The van der Waals surface area contributed by atoms with Crippen LogP contribution in [0.15, 0.2) is 47.8 Å². The van der Waals surface area contributed by atoms with Crippen LogP contribution in [0.5, 0.6) is 11.5 Å². The lowest BCUT2D eigenvalue weighted by molar-refractivity contribution is -0.116. The molecule has 1 amide bonds. The minimum atomic E-state index is -0.494. The summed E-state index contributed by atoms with van der Waals surface area (Å²) in [6.45, 7) is 1.97. The molecule has 8 heteroatoms. The molecule has 32 heavy (non-hydrogen) atoms. The Kier molecular flexibility index (Phi) is 8.14. The van der Waals surface area contributed by atoms with Crippen molar-refractivity contribution < 1.29 is 23.8 Å². The minimum Gasteiger partial charge on any atom is -0.493 e. The number of benzene rings is 2. The molecule has 0 fully saturated rings. The Labute approximate surface area is 196 Å². The first-order valence-electron chi connectivity index (χ1n) is 10.0. The number of aryl methyl sites for hydroxylation is 1. The van der Waals surface area contributed by atoms with Crippen LogP contribution in [0.2, 0.25) is 5.02 Å². The van der Waals surface area contributed by atoms with E-state index in [9.17, 15) is 9.59 Å². The second-order valence-corrected chi connectivity index (χ2v) is 8.13. The molecule has 0 bridgehead atoms. The fourth-order valence-electron chi connectivity index (χ4n) is 3.17. The van der Waals surface area contributed by atoms with E-state index in [1.165, 1.54) is 11.3 Å². The number of rotatable bonds is 9. The molecule has 0 saturated carbocycles. The highest BCUT2D eigenvalue weighted by atomic mass is 35.5. The van der Waals surface area contributed by atoms with Gasteiger partial charge < -0.3 is 19.5 Å². The zero-order valence-electron chi connectivity index (χ0n) is 18.1. The monoisotopic (exact) mass is 473 g/mol. The van der Waals surface area contributed by atoms with Gasteiger partial charge in [0.15, 0.2) is 11.5 Å². The summed E-state index contributed by atoms with van der Waals surface area (Å²) >= 11 is 7.18. The van der Waals surface area contributed by atoms with Crippen LogP contribution in [-0.2, 0) is 16.0 Å². The third-order valence-electron chi connectivity index (χ3n) is 4.77. The number of ether oxygens (including phenoxy) is 3. The van der Waals surface area contributed by atoms with Gasteiger partial charge in [-0.25, -0.2) is 4.79 Å². The number of thiophene rings is 1. The van der Waals surface area contributed by atoms with E-state index >= 15 is 0 Å². The maximum Gasteiger partial charge on any atom is 0.341 e. The van der Waals surface area contributed by atoms with Crippen LogP contribution < -0.4 is 14.8 Å². The fraction of sp³-hybridized carbons (Fsp3) is 0.250. The van der Waals surface area contributed by atoms with Crippen LogP contribution in [0.25, 0.3) is 11.1 Å². The molecule has 1 N–H and O–H groups in total. The molecule has 0 spiro atoms. The summed E-state index contributed by atoms with van der Waals surface area (Å²) in [5, 5.41) is 5.80. The second-order valence-electron chi connectivity index (χ2n) is 6.82. The van der Waals surface area contributed by atoms with Gasteiger partial charge in [-0.05, 0) is 48.7 Å². The van der Waals surface area contributed by atoms with Gasteiger partial charge >= 0.3 is 5.97 Å². The van der Waals surface area contributed by atoms with E-state index < -0.39 is 5.97 Å². The van der Waals surface area contributed by atoms with E-state index in [0.29, 0.717) is 39.1 Å². The second kappa shape index (κ2) is 11.0. The summed E-state index contributed by atoms with van der Waals surface area (Å²) in [5.41, 5.74) is 2.74. The van der Waals surface area contributed by atoms with Gasteiger partial charge in [-0.15, -0.1) is 11.3 Å². The predicted octanol–water partition coefficient (Wildman–Crippen LogP) is 5.83. The molecule has 6 nitrogen and oxygen atoms in total. The average molecular weight is 474 g/mol. The lowest BCUT2D eigenvalue weighted by Crippen LogP contribution is -2.15. The number of hydrogen-bond acceptors (Lipinski definition) is 6. The molecule has 0 atom stereocenters. The largest absolute Gasteiger partial charge is 0.493 e. The molecule has 3 aromatic rings. The van der Waals surface area contributed by atoms with Crippen LogP contribution in [0.4, 0.5) is 5.00 Å². The molecule has 1 aromatic heterocycles. The summed E-state index contributed by atoms with van der Waals surface area (Å²) in [6, 6.07) is 12.8. The van der Waals surface area contributed by atoms with Gasteiger partial charge in [-0.2, -0.15) is 0 Å². The van der Waals surface area contributed by atoms with E-state index in [1.54, 1.807) is 45.4 Å². The highest BCUT2D eigenvalue weighted by Crippen LogP contribution is 2.39. The SMILES string of the molecule is CCOC(=O)c1c(-c2ccc(OC)c(OC)c2)csc1NC(=O)CCc1ccc(Cl)cc1. The summed E-state index contributed by atoms with van der Waals surface area (Å²) in [5.74, 6) is 0.442. The normalized spacial score (nSPS) is 10.5. The summed E-state index contributed by atoms with van der Waals surface area (Å²) in [6.07, 6.45) is 0.832. The molecule has 168 valence electrons. The van der Waals surface area contributed by atoms with Crippen molar-refractivity contribution in [3.63, 3.8) is 0 Å². The van der Waals surface area contributed by atoms with Crippen molar-refractivity contribution in [2.24, 2.45) is 0 Å². The topological polar surface area (TPSA) is 73.9 Å². The Morgan fingerprint density at radius 3 is 2.41 bits per heavy atom. The number of amides is 1. The number of esters is 1.